The molecule has 0 bridgehead atoms. The monoisotopic (exact) mass is 184 g/mol. The number of carbonyl (C=O) groups is 1. The number of carbonyl (C=O) groups excluding carboxylic acids is 1. The van der Waals surface area contributed by atoms with Crippen molar-refractivity contribution < 1.29 is 9.53 Å². The molecule has 76 valence electrons. The third kappa shape index (κ3) is 9.12. The number of ether oxygens (including phenoxy) is 1. The lowest BCUT2D eigenvalue weighted by atomic mass is 10.0. The summed E-state index contributed by atoms with van der Waals surface area (Å²) in [4.78, 5) is 9.84. The second-order valence-corrected chi connectivity index (χ2v) is 3.77. The zero-order chi connectivity index (χ0) is 10.1. The Hall–Kier alpha value is -0.790. The SMILES string of the molecule is C/C(=C\COC=O)CCCC(C)C. The van der Waals surface area contributed by atoms with Crippen LogP contribution in [0.2, 0.25) is 0 Å². The van der Waals surface area contributed by atoms with Gasteiger partial charge in [-0.15, -0.1) is 0 Å². The summed E-state index contributed by atoms with van der Waals surface area (Å²) in [5.41, 5.74) is 1.31. The Labute approximate surface area is 81.0 Å². The van der Waals surface area contributed by atoms with Crippen LogP contribution in [0.1, 0.15) is 40.0 Å². The van der Waals surface area contributed by atoms with E-state index in [2.05, 4.69) is 25.5 Å². The molecule has 0 N–H and O–H groups in total. The van der Waals surface area contributed by atoms with Crippen LogP contribution in [0.3, 0.4) is 0 Å². The quantitative estimate of drug-likeness (QED) is 0.345. The standard InChI is InChI=1S/C11H20O2/c1-10(2)5-4-6-11(3)7-8-13-9-12/h7,9-10H,4-6,8H2,1-3H3/b11-7+. The molecular formula is C11H20O2. The fourth-order valence-electron chi connectivity index (χ4n) is 1.12. The van der Waals surface area contributed by atoms with Crippen LogP contribution in [0.15, 0.2) is 11.6 Å². The van der Waals surface area contributed by atoms with Gasteiger partial charge < -0.3 is 4.74 Å². The van der Waals surface area contributed by atoms with Crippen LogP contribution in [0.25, 0.3) is 0 Å². The van der Waals surface area contributed by atoms with Crippen molar-refractivity contribution in [1.29, 1.82) is 0 Å². The summed E-state index contributed by atoms with van der Waals surface area (Å²) in [6.45, 7) is 7.44. The summed E-state index contributed by atoms with van der Waals surface area (Å²) in [5, 5.41) is 0. The second kappa shape index (κ2) is 7.84. The van der Waals surface area contributed by atoms with Gasteiger partial charge in [0.25, 0.3) is 6.47 Å². The minimum absolute atomic E-state index is 0.414. The maximum absolute atomic E-state index is 9.84. The molecule has 0 aliphatic heterocycles. The van der Waals surface area contributed by atoms with Crippen molar-refractivity contribution in [3.8, 4) is 0 Å². The Morgan fingerprint density at radius 3 is 2.69 bits per heavy atom. The molecule has 0 unspecified atom stereocenters. The average molecular weight is 184 g/mol. The first-order valence-electron chi connectivity index (χ1n) is 4.87. The second-order valence-electron chi connectivity index (χ2n) is 3.77. The molecule has 13 heavy (non-hydrogen) atoms. The van der Waals surface area contributed by atoms with Gasteiger partial charge in [0.05, 0.1) is 0 Å². The Kier molecular flexibility index (Phi) is 7.36. The lowest BCUT2D eigenvalue weighted by Crippen LogP contribution is -1.90. The van der Waals surface area contributed by atoms with Crippen molar-refractivity contribution in [1.82, 2.24) is 0 Å². The topological polar surface area (TPSA) is 26.3 Å². The van der Waals surface area contributed by atoms with Crippen molar-refractivity contribution in [2.24, 2.45) is 5.92 Å². The minimum atomic E-state index is 0.414. The van der Waals surface area contributed by atoms with Crippen LogP contribution in [0, 0.1) is 5.92 Å². The summed E-state index contributed by atoms with van der Waals surface area (Å²) < 4.78 is 4.57. The van der Waals surface area contributed by atoms with E-state index in [1.54, 1.807) is 0 Å². The van der Waals surface area contributed by atoms with Crippen LogP contribution in [0.4, 0.5) is 0 Å². The normalized spacial score (nSPS) is 11.8. The maximum atomic E-state index is 9.84. The van der Waals surface area contributed by atoms with E-state index in [-0.39, 0.29) is 0 Å². The Morgan fingerprint density at radius 2 is 2.15 bits per heavy atom. The maximum Gasteiger partial charge on any atom is 0.293 e. The predicted molar refractivity (Wildman–Crippen MR) is 54.5 cm³/mol. The highest BCUT2D eigenvalue weighted by atomic mass is 16.5. The van der Waals surface area contributed by atoms with E-state index in [0.29, 0.717) is 13.1 Å². The molecule has 0 aromatic rings. The van der Waals surface area contributed by atoms with E-state index < -0.39 is 0 Å². The molecule has 0 heterocycles. The molecule has 0 aliphatic rings. The van der Waals surface area contributed by atoms with Crippen LogP contribution in [-0.4, -0.2) is 13.1 Å². The number of hydrogen-bond donors (Lipinski definition) is 0. The largest absolute Gasteiger partial charge is 0.464 e. The third-order valence-electron chi connectivity index (χ3n) is 1.95. The van der Waals surface area contributed by atoms with Crippen LogP contribution >= 0.6 is 0 Å². The van der Waals surface area contributed by atoms with E-state index >= 15 is 0 Å². The molecule has 0 saturated heterocycles. The van der Waals surface area contributed by atoms with E-state index in [4.69, 9.17) is 0 Å². The number of hydrogen-bond acceptors (Lipinski definition) is 2. The van der Waals surface area contributed by atoms with E-state index in [0.717, 1.165) is 12.3 Å². The van der Waals surface area contributed by atoms with E-state index in [9.17, 15) is 4.79 Å². The molecule has 0 aromatic heterocycles. The van der Waals surface area contributed by atoms with Crippen LogP contribution in [0.5, 0.6) is 0 Å². The van der Waals surface area contributed by atoms with Gasteiger partial charge in [0.2, 0.25) is 0 Å². The molecule has 0 aromatic carbocycles. The average Bonchev–Trinajstić information content (AvgIpc) is 2.04. The Bertz CT molecular complexity index is 159. The summed E-state index contributed by atoms with van der Waals surface area (Å²) in [6, 6.07) is 0. The fourth-order valence-corrected chi connectivity index (χ4v) is 1.12. The molecule has 0 radical (unpaired) electrons. The third-order valence-corrected chi connectivity index (χ3v) is 1.95. The van der Waals surface area contributed by atoms with Gasteiger partial charge in [-0.05, 0) is 31.8 Å². The van der Waals surface area contributed by atoms with Crippen LogP contribution < -0.4 is 0 Å². The van der Waals surface area contributed by atoms with Crippen molar-refractivity contribution in [3.05, 3.63) is 11.6 Å². The van der Waals surface area contributed by atoms with Crippen LogP contribution in [-0.2, 0) is 9.53 Å². The Balaban J connectivity index is 3.43. The van der Waals surface area contributed by atoms with Gasteiger partial charge in [0.15, 0.2) is 0 Å². The fraction of sp³-hybridized carbons (Fsp3) is 0.727. The van der Waals surface area contributed by atoms with Gasteiger partial charge in [-0.3, -0.25) is 4.79 Å². The van der Waals surface area contributed by atoms with Gasteiger partial charge in [-0.1, -0.05) is 25.8 Å². The lowest BCUT2D eigenvalue weighted by molar-refractivity contribution is -0.127. The molecule has 0 rings (SSSR count). The Morgan fingerprint density at radius 1 is 1.46 bits per heavy atom. The summed E-state index contributed by atoms with van der Waals surface area (Å²) >= 11 is 0. The van der Waals surface area contributed by atoms with E-state index in [1.165, 1.54) is 18.4 Å². The van der Waals surface area contributed by atoms with Gasteiger partial charge >= 0.3 is 0 Å². The minimum Gasteiger partial charge on any atom is -0.464 e. The molecule has 2 nitrogen and oxygen atoms in total. The summed E-state index contributed by atoms with van der Waals surface area (Å²) in [6.07, 6.45) is 5.57. The molecular weight excluding hydrogens is 164 g/mol. The van der Waals surface area contributed by atoms with Crippen molar-refractivity contribution >= 4 is 6.47 Å². The van der Waals surface area contributed by atoms with Crippen molar-refractivity contribution in [2.75, 3.05) is 6.61 Å². The van der Waals surface area contributed by atoms with Gasteiger partial charge in [0, 0.05) is 0 Å². The zero-order valence-corrected chi connectivity index (χ0v) is 8.88. The molecule has 0 amide bonds. The summed E-state index contributed by atoms with van der Waals surface area (Å²) in [5.74, 6) is 0.777. The highest BCUT2D eigenvalue weighted by Gasteiger charge is 1.94. The lowest BCUT2D eigenvalue weighted by Gasteiger charge is -2.04. The first-order chi connectivity index (χ1) is 6.16. The molecule has 0 spiro atoms. The van der Waals surface area contributed by atoms with Gasteiger partial charge in [0.1, 0.15) is 6.61 Å². The molecule has 0 saturated carbocycles. The highest BCUT2D eigenvalue weighted by molar-refractivity contribution is 5.37. The summed E-state index contributed by atoms with van der Waals surface area (Å²) in [7, 11) is 0. The smallest absolute Gasteiger partial charge is 0.293 e. The molecule has 2 heteroatoms. The van der Waals surface area contributed by atoms with Crippen molar-refractivity contribution in [3.63, 3.8) is 0 Å². The molecule has 0 fully saturated rings. The van der Waals surface area contributed by atoms with Gasteiger partial charge in [-0.25, -0.2) is 0 Å². The molecule has 0 atom stereocenters. The van der Waals surface area contributed by atoms with E-state index in [1.807, 2.05) is 6.08 Å². The number of allylic oxidation sites excluding steroid dienone is 1. The first-order valence-corrected chi connectivity index (χ1v) is 4.87. The zero-order valence-electron chi connectivity index (χ0n) is 8.88. The van der Waals surface area contributed by atoms with Gasteiger partial charge in [-0.2, -0.15) is 0 Å². The first kappa shape index (κ1) is 12.2. The number of rotatable bonds is 7. The van der Waals surface area contributed by atoms with Crippen molar-refractivity contribution in [2.45, 2.75) is 40.0 Å². The predicted octanol–water partition coefficient (Wildman–Crippen LogP) is 2.93. The molecule has 0 aliphatic carbocycles. The highest BCUT2D eigenvalue weighted by Crippen LogP contribution is 2.11.